The molecule has 5 nitrogen and oxygen atoms in total. The number of nitrogen functional groups attached to an aromatic ring is 1. The average molecular weight is 282 g/mol. The number of carbonyl (C=O) groups excluding carboxylic acids is 1. The molecule has 0 bridgehead atoms. The van der Waals surface area contributed by atoms with Crippen molar-refractivity contribution < 1.29 is 13.9 Å². The molecule has 98 valence electrons. The van der Waals surface area contributed by atoms with Crippen LogP contribution >= 0.6 is 11.6 Å². The molecule has 19 heavy (non-hydrogen) atoms. The third-order valence-electron chi connectivity index (χ3n) is 2.28. The van der Waals surface area contributed by atoms with Gasteiger partial charge >= 0.3 is 0 Å². The molecule has 1 heterocycles. The normalized spacial score (nSPS) is 10.2. The van der Waals surface area contributed by atoms with E-state index in [1.807, 2.05) is 0 Å². The molecule has 2 rings (SSSR count). The molecule has 0 saturated heterocycles. The van der Waals surface area contributed by atoms with Gasteiger partial charge in [-0.3, -0.25) is 4.79 Å². The third-order valence-corrected chi connectivity index (χ3v) is 2.52. The van der Waals surface area contributed by atoms with E-state index in [9.17, 15) is 9.18 Å². The Hall–Kier alpha value is -2.34. The molecule has 2 aromatic rings. The zero-order valence-electron chi connectivity index (χ0n) is 9.56. The largest absolute Gasteiger partial charge is 0.436 e. The van der Waals surface area contributed by atoms with Crippen molar-refractivity contribution in [2.75, 3.05) is 5.73 Å². The lowest BCUT2D eigenvalue weighted by Crippen LogP contribution is -2.14. The maximum Gasteiger partial charge on any atom is 0.251 e. The zero-order valence-corrected chi connectivity index (χ0v) is 10.3. The summed E-state index contributed by atoms with van der Waals surface area (Å²) in [5.74, 6) is -1.44. The number of ether oxygens (including phenoxy) is 1. The highest BCUT2D eigenvalue weighted by Gasteiger charge is 2.11. The molecule has 0 atom stereocenters. The number of hydrogen-bond acceptors (Lipinski definition) is 4. The summed E-state index contributed by atoms with van der Waals surface area (Å²) in [7, 11) is 0. The van der Waals surface area contributed by atoms with E-state index in [4.69, 9.17) is 27.8 Å². The maximum atomic E-state index is 13.5. The lowest BCUT2D eigenvalue weighted by atomic mass is 10.2. The zero-order chi connectivity index (χ0) is 14.0. The quantitative estimate of drug-likeness (QED) is 0.903. The van der Waals surface area contributed by atoms with Crippen molar-refractivity contribution in [1.82, 2.24) is 4.98 Å². The van der Waals surface area contributed by atoms with Crippen LogP contribution in [-0.2, 0) is 0 Å². The van der Waals surface area contributed by atoms with E-state index in [2.05, 4.69) is 4.98 Å². The molecule has 0 spiro atoms. The van der Waals surface area contributed by atoms with Gasteiger partial charge in [-0.05, 0) is 18.2 Å². The fourth-order valence-corrected chi connectivity index (χ4v) is 1.55. The van der Waals surface area contributed by atoms with E-state index >= 15 is 0 Å². The summed E-state index contributed by atoms with van der Waals surface area (Å²) in [6.45, 7) is 0. The van der Waals surface area contributed by atoms with Crippen LogP contribution in [0.25, 0.3) is 0 Å². The summed E-state index contributed by atoms with van der Waals surface area (Å²) in [6, 6.07) is 5.15. The van der Waals surface area contributed by atoms with Crippen molar-refractivity contribution in [2.24, 2.45) is 5.73 Å². The SMILES string of the molecule is NC(=O)c1cc(Oc2ccc(Cl)cc2F)ncc1N. The van der Waals surface area contributed by atoms with Crippen molar-refractivity contribution >= 4 is 23.2 Å². The fourth-order valence-electron chi connectivity index (χ4n) is 1.39. The van der Waals surface area contributed by atoms with Crippen LogP contribution in [0.1, 0.15) is 10.4 Å². The van der Waals surface area contributed by atoms with E-state index in [1.165, 1.54) is 24.4 Å². The molecule has 0 unspecified atom stereocenters. The number of aromatic nitrogens is 1. The second kappa shape index (κ2) is 5.11. The molecule has 0 fully saturated rings. The van der Waals surface area contributed by atoms with Gasteiger partial charge in [-0.2, -0.15) is 0 Å². The Morgan fingerprint density at radius 1 is 1.37 bits per heavy atom. The minimum Gasteiger partial charge on any atom is -0.436 e. The minimum atomic E-state index is -0.721. The number of hydrogen-bond donors (Lipinski definition) is 2. The number of rotatable bonds is 3. The molecule has 0 aliphatic heterocycles. The molecule has 0 saturated carbocycles. The number of amides is 1. The van der Waals surface area contributed by atoms with Gasteiger partial charge in [0.15, 0.2) is 11.6 Å². The number of nitrogens with two attached hydrogens (primary N) is 2. The van der Waals surface area contributed by atoms with Crippen molar-refractivity contribution in [2.45, 2.75) is 0 Å². The van der Waals surface area contributed by atoms with E-state index in [0.29, 0.717) is 0 Å². The first kappa shape index (κ1) is 13.1. The number of anilines is 1. The third kappa shape index (κ3) is 2.92. The van der Waals surface area contributed by atoms with Gasteiger partial charge in [-0.1, -0.05) is 11.6 Å². The first-order valence-electron chi connectivity index (χ1n) is 5.15. The summed E-state index contributed by atoms with van der Waals surface area (Å²) >= 11 is 5.62. The van der Waals surface area contributed by atoms with Gasteiger partial charge in [-0.15, -0.1) is 0 Å². The maximum absolute atomic E-state index is 13.5. The second-order valence-electron chi connectivity index (χ2n) is 3.65. The van der Waals surface area contributed by atoms with Crippen molar-refractivity contribution in [1.29, 1.82) is 0 Å². The molecule has 1 aromatic heterocycles. The topological polar surface area (TPSA) is 91.2 Å². The van der Waals surface area contributed by atoms with E-state index in [1.54, 1.807) is 0 Å². The van der Waals surface area contributed by atoms with E-state index < -0.39 is 11.7 Å². The Kier molecular flexibility index (Phi) is 3.52. The monoisotopic (exact) mass is 281 g/mol. The number of pyridine rings is 1. The summed E-state index contributed by atoms with van der Waals surface area (Å²) in [6.07, 6.45) is 1.21. The predicted octanol–water partition coefficient (Wildman–Crippen LogP) is 2.35. The second-order valence-corrected chi connectivity index (χ2v) is 4.09. The summed E-state index contributed by atoms with van der Waals surface area (Å²) in [4.78, 5) is 14.9. The predicted molar refractivity (Wildman–Crippen MR) is 68.7 cm³/mol. The first-order chi connectivity index (χ1) is 8.97. The lowest BCUT2D eigenvalue weighted by Gasteiger charge is -2.08. The van der Waals surface area contributed by atoms with Gasteiger partial charge in [0, 0.05) is 11.1 Å². The molecular weight excluding hydrogens is 273 g/mol. The smallest absolute Gasteiger partial charge is 0.251 e. The molecule has 1 aromatic carbocycles. The molecule has 4 N–H and O–H groups in total. The summed E-state index contributed by atoms with van der Waals surface area (Å²) in [5.41, 5.74) is 10.8. The highest BCUT2D eigenvalue weighted by Crippen LogP contribution is 2.26. The van der Waals surface area contributed by atoms with Gasteiger partial charge < -0.3 is 16.2 Å². The van der Waals surface area contributed by atoms with Gasteiger partial charge in [0.05, 0.1) is 17.4 Å². The number of primary amides is 1. The van der Waals surface area contributed by atoms with Crippen LogP contribution < -0.4 is 16.2 Å². The highest BCUT2D eigenvalue weighted by atomic mass is 35.5. The van der Waals surface area contributed by atoms with E-state index in [-0.39, 0.29) is 27.9 Å². The summed E-state index contributed by atoms with van der Waals surface area (Å²) in [5, 5.41) is 0.243. The van der Waals surface area contributed by atoms with Gasteiger partial charge in [-0.25, -0.2) is 9.37 Å². The average Bonchev–Trinajstić information content (AvgIpc) is 2.34. The van der Waals surface area contributed by atoms with Crippen LogP contribution in [0.4, 0.5) is 10.1 Å². The van der Waals surface area contributed by atoms with Crippen LogP contribution in [-0.4, -0.2) is 10.9 Å². The Labute approximate surface area is 112 Å². The highest BCUT2D eigenvalue weighted by molar-refractivity contribution is 6.30. The number of carbonyl (C=O) groups is 1. The van der Waals surface area contributed by atoms with Crippen LogP contribution in [0, 0.1) is 5.82 Å². The summed E-state index contributed by atoms with van der Waals surface area (Å²) < 4.78 is 18.7. The standard InChI is InChI=1S/C12H9ClFN3O2/c13-6-1-2-10(8(14)3-6)19-11-4-7(12(16)18)9(15)5-17-11/h1-5H,15H2,(H2,16,18). The molecule has 1 amide bonds. The Balaban J connectivity index is 2.33. The minimum absolute atomic E-state index is 0.00391. The Morgan fingerprint density at radius 3 is 2.74 bits per heavy atom. The van der Waals surface area contributed by atoms with Gasteiger partial charge in [0.25, 0.3) is 5.91 Å². The number of benzene rings is 1. The van der Waals surface area contributed by atoms with Gasteiger partial charge in [0.1, 0.15) is 0 Å². The molecule has 0 aliphatic rings. The van der Waals surface area contributed by atoms with Crippen LogP contribution in [0.2, 0.25) is 5.02 Å². The van der Waals surface area contributed by atoms with E-state index in [0.717, 1.165) is 6.07 Å². The van der Waals surface area contributed by atoms with Crippen molar-refractivity contribution in [3.8, 4) is 11.6 Å². The molecule has 0 radical (unpaired) electrons. The van der Waals surface area contributed by atoms with Crippen LogP contribution in [0.5, 0.6) is 11.6 Å². The molecular formula is C12H9ClFN3O2. The number of halogens is 2. The molecule has 7 heteroatoms. The van der Waals surface area contributed by atoms with Crippen molar-refractivity contribution in [3.05, 3.63) is 46.9 Å². The van der Waals surface area contributed by atoms with Crippen LogP contribution in [0.3, 0.4) is 0 Å². The van der Waals surface area contributed by atoms with Crippen LogP contribution in [0.15, 0.2) is 30.5 Å². The Bertz CT molecular complexity index is 649. The molecule has 0 aliphatic carbocycles. The number of nitrogens with zero attached hydrogens (tertiary/aromatic N) is 1. The van der Waals surface area contributed by atoms with Crippen molar-refractivity contribution in [3.63, 3.8) is 0 Å². The fraction of sp³-hybridized carbons (Fsp3) is 0. The van der Waals surface area contributed by atoms with Gasteiger partial charge in [0.2, 0.25) is 5.88 Å². The Morgan fingerprint density at radius 2 is 2.11 bits per heavy atom. The lowest BCUT2D eigenvalue weighted by molar-refractivity contribution is 0.100. The first-order valence-corrected chi connectivity index (χ1v) is 5.53.